The summed E-state index contributed by atoms with van der Waals surface area (Å²) in [7, 11) is 3.54. The van der Waals surface area contributed by atoms with E-state index in [1.165, 1.54) is 0 Å². The molecule has 1 atom stereocenters. The first kappa shape index (κ1) is 20.0. The van der Waals surface area contributed by atoms with Gasteiger partial charge in [0, 0.05) is 31.3 Å². The third-order valence-corrected chi connectivity index (χ3v) is 4.07. The molecular formula is C16H24Cl2N2O3. The van der Waals surface area contributed by atoms with Crippen molar-refractivity contribution >= 4 is 29.9 Å². The molecule has 1 aliphatic rings. The molecule has 1 aliphatic heterocycles. The van der Waals surface area contributed by atoms with E-state index in [0.717, 1.165) is 19.4 Å². The number of nitrogens with zero attached hydrogens (tertiary/aromatic N) is 1. The zero-order valence-corrected chi connectivity index (χ0v) is 15.1. The summed E-state index contributed by atoms with van der Waals surface area (Å²) in [6.45, 7) is 2.35. The fourth-order valence-electron chi connectivity index (χ4n) is 2.60. The highest BCUT2D eigenvalue weighted by Crippen LogP contribution is 2.25. The molecule has 1 amide bonds. The van der Waals surface area contributed by atoms with Crippen LogP contribution in [-0.2, 0) is 4.74 Å². The van der Waals surface area contributed by atoms with Crippen molar-refractivity contribution in [1.29, 1.82) is 0 Å². The van der Waals surface area contributed by atoms with Gasteiger partial charge < -0.3 is 19.7 Å². The van der Waals surface area contributed by atoms with Gasteiger partial charge in [0.25, 0.3) is 5.91 Å². The van der Waals surface area contributed by atoms with Gasteiger partial charge >= 0.3 is 0 Å². The van der Waals surface area contributed by atoms with Crippen LogP contribution in [0.15, 0.2) is 18.2 Å². The molecule has 7 heteroatoms. The molecule has 0 bridgehead atoms. The monoisotopic (exact) mass is 362 g/mol. The van der Waals surface area contributed by atoms with Crippen molar-refractivity contribution in [3.8, 4) is 5.75 Å². The number of methoxy groups -OCH3 is 1. The first-order chi connectivity index (χ1) is 10.7. The Hall–Kier alpha value is -1.01. The fourth-order valence-corrected chi connectivity index (χ4v) is 2.77. The third-order valence-electron chi connectivity index (χ3n) is 3.83. The Bertz CT molecular complexity index is 514. The molecule has 130 valence electrons. The molecule has 0 aromatic heterocycles. The molecule has 5 nitrogen and oxygen atoms in total. The Kier molecular flexibility index (Phi) is 8.69. The van der Waals surface area contributed by atoms with Gasteiger partial charge in [0.15, 0.2) is 0 Å². The second-order valence-electron chi connectivity index (χ2n) is 5.36. The number of nitrogens with one attached hydrogen (secondary N) is 1. The van der Waals surface area contributed by atoms with Crippen LogP contribution in [0.3, 0.4) is 0 Å². The molecule has 1 N–H and O–H groups in total. The Morgan fingerprint density at radius 1 is 1.43 bits per heavy atom. The van der Waals surface area contributed by atoms with Gasteiger partial charge in [-0.05, 0) is 38.1 Å². The lowest BCUT2D eigenvalue weighted by atomic mass is 10.0. The summed E-state index contributed by atoms with van der Waals surface area (Å²) in [4.78, 5) is 14.7. The second-order valence-corrected chi connectivity index (χ2v) is 5.80. The molecule has 23 heavy (non-hydrogen) atoms. The number of benzene rings is 1. The van der Waals surface area contributed by atoms with Crippen molar-refractivity contribution in [3.05, 3.63) is 28.8 Å². The zero-order valence-electron chi connectivity index (χ0n) is 13.5. The van der Waals surface area contributed by atoms with Crippen LogP contribution in [0.4, 0.5) is 0 Å². The van der Waals surface area contributed by atoms with Crippen molar-refractivity contribution in [2.75, 3.05) is 40.5 Å². The number of likely N-dealkylation sites (N-methyl/N-ethyl adjacent to an activating group) is 1. The van der Waals surface area contributed by atoms with Crippen molar-refractivity contribution in [3.63, 3.8) is 0 Å². The van der Waals surface area contributed by atoms with Crippen molar-refractivity contribution in [2.24, 2.45) is 0 Å². The fraction of sp³-hybridized carbons (Fsp3) is 0.562. The quantitative estimate of drug-likeness (QED) is 0.790. The van der Waals surface area contributed by atoms with Gasteiger partial charge in [0.1, 0.15) is 12.4 Å². The van der Waals surface area contributed by atoms with E-state index >= 15 is 0 Å². The van der Waals surface area contributed by atoms with Gasteiger partial charge in [0.05, 0.1) is 12.2 Å². The minimum Gasteiger partial charge on any atom is -0.490 e. The molecule has 1 saturated heterocycles. The lowest BCUT2D eigenvalue weighted by molar-refractivity contribution is 0.0691. The molecule has 0 spiro atoms. The Morgan fingerprint density at radius 2 is 2.22 bits per heavy atom. The van der Waals surface area contributed by atoms with Gasteiger partial charge in [0.2, 0.25) is 0 Å². The summed E-state index contributed by atoms with van der Waals surface area (Å²) in [5.74, 6) is 0.521. The summed E-state index contributed by atoms with van der Waals surface area (Å²) in [5, 5.41) is 3.77. The summed E-state index contributed by atoms with van der Waals surface area (Å²) < 4.78 is 10.6. The number of hydrogen-bond donors (Lipinski definition) is 1. The number of carbonyl (C=O) groups is 1. The van der Waals surface area contributed by atoms with E-state index in [1.54, 1.807) is 25.3 Å². The number of likely N-dealkylation sites (tertiary alicyclic amines) is 1. The molecule has 2 rings (SSSR count). The predicted molar refractivity (Wildman–Crippen MR) is 94.1 cm³/mol. The van der Waals surface area contributed by atoms with Crippen molar-refractivity contribution in [2.45, 2.75) is 18.9 Å². The number of carbonyl (C=O) groups excluding carboxylic acids is 1. The van der Waals surface area contributed by atoms with Crippen LogP contribution < -0.4 is 10.1 Å². The average Bonchev–Trinajstić information content (AvgIpc) is 2.55. The number of piperidine rings is 1. The third kappa shape index (κ3) is 5.53. The summed E-state index contributed by atoms with van der Waals surface area (Å²) in [5.41, 5.74) is 0.514. The minimum absolute atomic E-state index is 0. The van der Waals surface area contributed by atoms with Crippen molar-refractivity contribution < 1.29 is 14.3 Å². The standard InChI is InChI=1S/C16H23ClN2O3.ClH/c1-18-13-4-3-7-19(11-13)16(20)14-10-12(17)5-6-15(14)22-9-8-21-2;/h5-6,10,13,18H,3-4,7-9,11H2,1-2H3;1H. The Labute approximate surface area is 148 Å². The highest BCUT2D eigenvalue weighted by atomic mass is 35.5. The van der Waals surface area contributed by atoms with E-state index in [-0.39, 0.29) is 18.3 Å². The van der Waals surface area contributed by atoms with E-state index in [2.05, 4.69) is 5.32 Å². The predicted octanol–water partition coefficient (Wildman–Crippen LogP) is 2.61. The zero-order chi connectivity index (χ0) is 15.9. The highest BCUT2D eigenvalue weighted by molar-refractivity contribution is 6.31. The van der Waals surface area contributed by atoms with Crippen LogP contribution in [0.1, 0.15) is 23.2 Å². The van der Waals surface area contributed by atoms with Gasteiger partial charge in [-0.3, -0.25) is 4.79 Å². The minimum atomic E-state index is -0.0325. The van der Waals surface area contributed by atoms with Crippen molar-refractivity contribution in [1.82, 2.24) is 10.2 Å². The average molecular weight is 363 g/mol. The van der Waals surface area contributed by atoms with Crippen LogP contribution in [0.2, 0.25) is 5.02 Å². The van der Waals surface area contributed by atoms with E-state index in [0.29, 0.717) is 42.1 Å². The molecule has 1 unspecified atom stereocenters. The summed E-state index contributed by atoms with van der Waals surface area (Å²) >= 11 is 6.05. The smallest absolute Gasteiger partial charge is 0.257 e. The maximum Gasteiger partial charge on any atom is 0.257 e. The largest absolute Gasteiger partial charge is 0.490 e. The van der Waals surface area contributed by atoms with Gasteiger partial charge in [-0.25, -0.2) is 0 Å². The lowest BCUT2D eigenvalue weighted by Gasteiger charge is -2.33. The van der Waals surface area contributed by atoms with Crippen LogP contribution in [-0.4, -0.2) is 57.3 Å². The molecule has 0 saturated carbocycles. The van der Waals surface area contributed by atoms with E-state index in [4.69, 9.17) is 21.1 Å². The van der Waals surface area contributed by atoms with E-state index < -0.39 is 0 Å². The van der Waals surface area contributed by atoms with Crippen LogP contribution in [0.5, 0.6) is 5.75 Å². The summed E-state index contributed by atoms with van der Waals surface area (Å²) in [6, 6.07) is 5.49. The number of rotatable bonds is 6. The SMILES string of the molecule is CNC1CCCN(C(=O)c2cc(Cl)ccc2OCCOC)C1.Cl. The first-order valence-electron chi connectivity index (χ1n) is 7.53. The lowest BCUT2D eigenvalue weighted by Crippen LogP contribution is -2.47. The molecule has 1 heterocycles. The molecular weight excluding hydrogens is 339 g/mol. The maximum absolute atomic E-state index is 12.8. The van der Waals surface area contributed by atoms with Gasteiger partial charge in [-0.15, -0.1) is 12.4 Å². The first-order valence-corrected chi connectivity index (χ1v) is 7.91. The Balaban J connectivity index is 0.00000264. The van der Waals surface area contributed by atoms with Crippen LogP contribution in [0.25, 0.3) is 0 Å². The van der Waals surface area contributed by atoms with Gasteiger partial charge in [-0.2, -0.15) is 0 Å². The summed E-state index contributed by atoms with van der Waals surface area (Å²) in [6.07, 6.45) is 2.09. The number of halogens is 2. The topological polar surface area (TPSA) is 50.8 Å². The van der Waals surface area contributed by atoms with Gasteiger partial charge in [-0.1, -0.05) is 11.6 Å². The molecule has 0 radical (unpaired) electrons. The molecule has 0 aliphatic carbocycles. The maximum atomic E-state index is 12.8. The highest BCUT2D eigenvalue weighted by Gasteiger charge is 2.25. The normalized spacial score (nSPS) is 17.5. The van der Waals surface area contributed by atoms with E-state index in [1.807, 2.05) is 11.9 Å². The molecule has 1 aromatic rings. The molecule has 1 fully saturated rings. The number of hydrogen-bond acceptors (Lipinski definition) is 4. The number of ether oxygens (including phenoxy) is 2. The van der Waals surface area contributed by atoms with E-state index in [9.17, 15) is 4.79 Å². The Morgan fingerprint density at radius 3 is 2.91 bits per heavy atom. The molecule has 1 aromatic carbocycles. The van der Waals surface area contributed by atoms with Crippen LogP contribution >= 0.6 is 24.0 Å². The second kappa shape index (κ2) is 9.98. The number of amides is 1. The van der Waals surface area contributed by atoms with Crippen LogP contribution in [0, 0.1) is 0 Å².